The van der Waals surface area contributed by atoms with Gasteiger partial charge in [-0.3, -0.25) is 19.6 Å². The van der Waals surface area contributed by atoms with E-state index in [1.807, 2.05) is 11.8 Å². The van der Waals surface area contributed by atoms with E-state index in [0.29, 0.717) is 11.1 Å². The fourth-order valence-electron chi connectivity index (χ4n) is 3.41. The predicted octanol–water partition coefficient (Wildman–Crippen LogP) is 3.72. The van der Waals surface area contributed by atoms with Crippen molar-refractivity contribution < 1.29 is 18.1 Å². The molecule has 9 heteroatoms. The van der Waals surface area contributed by atoms with Crippen LogP contribution in [0, 0.1) is 17.0 Å². The van der Waals surface area contributed by atoms with E-state index in [2.05, 4.69) is 4.72 Å². The molecule has 154 valence electrons. The number of nitro benzene ring substituents is 1. The number of benzene rings is 2. The average molecular weight is 417 g/mol. The summed E-state index contributed by atoms with van der Waals surface area (Å²) in [6.07, 6.45) is 3.08. The van der Waals surface area contributed by atoms with Gasteiger partial charge in [0.2, 0.25) is 0 Å². The Morgan fingerprint density at radius 3 is 2.48 bits per heavy atom. The summed E-state index contributed by atoms with van der Waals surface area (Å²) >= 11 is 0. The van der Waals surface area contributed by atoms with Crippen LogP contribution in [0.15, 0.2) is 47.4 Å². The van der Waals surface area contributed by atoms with Crippen LogP contribution in [0.25, 0.3) is 0 Å². The highest BCUT2D eigenvalue weighted by Crippen LogP contribution is 2.25. The van der Waals surface area contributed by atoms with Gasteiger partial charge in [-0.25, -0.2) is 8.42 Å². The summed E-state index contributed by atoms with van der Waals surface area (Å²) in [5, 5.41) is 11.1. The lowest BCUT2D eigenvalue weighted by Gasteiger charge is -2.33. The number of nitrogens with one attached hydrogen (secondary N) is 1. The Labute approximate surface area is 169 Å². The maximum atomic E-state index is 12.7. The standard InChI is InChI=1S/C20H23N3O5S/c1-14-6-11-18(13-19(14)23(25)26)29(27,28)21-17-9-7-16(8-10-17)20(24)22-12-4-3-5-15(22)2/h6-11,13,15,21H,3-5,12H2,1-2H3/t15-/m0/s1. The zero-order valence-electron chi connectivity index (χ0n) is 16.3. The Kier molecular flexibility index (Phi) is 5.88. The van der Waals surface area contributed by atoms with Crippen molar-refractivity contribution in [2.75, 3.05) is 11.3 Å². The van der Waals surface area contributed by atoms with Crippen LogP contribution in [0.3, 0.4) is 0 Å². The fourth-order valence-corrected chi connectivity index (χ4v) is 4.49. The van der Waals surface area contributed by atoms with Crippen molar-refractivity contribution in [1.29, 1.82) is 0 Å². The number of sulfonamides is 1. The number of hydrogen-bond donors (Lipinski definition) is 1. The normalized spacial score (nSPS) is 17.0. The third-order valence-electron chi connectivity index (χ3n) is 5.14. The highest BCUT2D eigenvalue weighted by molar-refractivity contribution is 7.92. The topological polar surface area (TPSA) is 110 Å². The maximum Gasteiger partial charge on any atom is 0.273 e. The lowest BCUT2D eigenvalue weighted by Crippen LogP contribution is -2.42. The highest BCUT2D eigenvalue weighted by Gasteiger charge is 2.24. The monoisotopic (exact) mass is 417 g/mol. The first-order chi connectivity index (χ1) is 13.7. The summed E-state index contributed by atoms with van der Waals surface area (Å²) in [6, 6.07) is 10.1. The molecule has 0 radical (unpaired) electrons. The van der Waals surface area contributed by atoms with Crippen molar-refractivity contribution >= 4 is 27.3 Å². The minimum absolute atomic E-state index is 0.0687. The molecule has 1 atom stereocenters. The van der Waals surface area contributed by atoms with E-state index in [-0.39, 0.29) is 28.2 Å². The Morgan fingerprint density at radius 2 is 1.86 bits per heavy atom. The average Bonchev–Trinajstić information content (AvgIpc) is 2.68. The van der Waals surface area contributed by atoms with E-state index in [1.165, 1.54) is 24.3 Å². The molecule has 2 aromatic carbocycles. The van der Waals surface area contributed by atoms with Crippen LogP contribution < -0.4 is 4.72 Å². The summed E-state index contributed by atoms with van der Waals surface area (Å²) in [7, 11) is -4.00. The first-order valence-electron chi connectivity index (χ1n) is 9.38. The van der Waals surface area contributed by atoms with Gasteiger partial charge in [-0.1, -0.05) is 6.07 Å². The van der Waals surface area contributed by atoms with Gasteiger partial charge < -0.3 is 4.90 Å². The molecule has 1 amide bonds. The molecule has 0 unspecified atom stereocenters. The SMILES string of the molecule is Cc1ccc(S(=O)(=O)Nc2ccc(C(=O)N3CCCC[C@@H]3C)cc2)cc1[N+](=O)[O-]. The first-order valence-corrected chi connectivity index (χ1v) is 10.9. The van der Waals surface area contributed by atoms with E-state index in [9.17, 15) is 23.3 Å². The van der Waals surface area contributed by atoms with Crippen molar-refractivity contribution in [3.05, 3.63) is 63.7 Å². The minimum atomic E-state index is -4.00. The second-order valence-corrected chi connectivity index (χ2v) is 8.91. The van der Waals surface area contributed by atoms with Crippen LogP contribution in [0.4, 0.5) is 11.4 Å². The lowest BCUT2D eigenvalue weighted by atomic mass is 10.0. The molecule has 29 heavy (non-hydrogen) atoms. The van der Waals surface area contributed by atoms with E-state index in [1.54, 1.807) is 19.1 Å². The van der Waals surface area contributed by atoms with Crippen LogP contribution in [0.5, 0.6) is 0 Å². The second-order valence-electron chi connectivity index (χ2n) is 7.23. The number of nitro groups is 1. The Bertz CT molecular complexity index is 1030. The number of nitrogens with zero attached hydrogens (tertiary/aromatic N) is 2. The van der Waals surface area contributed by atoms with Crippen LogP contribution in [-0.4, -0.2) is 36.7 Å². The number of hydrogen-bond acceptors (Lipinski definition) is 5. The molecule has 0 spiro atoms. The first kappa shape index (κ1) is 20.8. The van der Waals surface area contributed by atoms with Gasteiger partial charge >= 0.3 is 0 Å². The van der Waals surface area contributed by atoms with E-state index in [4.69, 9.17) is 0 Å². The molecule has 0 saturated carbocycles. The zero-order valence-corrected chi connectivity index (χ0v) is 17.1. The van der Waals surface area contributed by atoms with Crippen molar-refractivity contribution in [2.45, 2.75) is 44.0 Å². The molecule has 1 aliphatic heterocycles. The number of amides is 1. The molecule has 2 aromatic rings. The number of carbonyl (C=O) groups excluding carboxylic acids is 1. The molecule has 8 nitrogen and oxygen atoms in total. The molecule has 1 N–H and O–H groups in total. The van der Waals surface area contributed by atoms with Gasteiger partial charge in [0.1, 0.15) is 0 Å². The number of anilines is 1. The van der Waals surface area contributed by atoms with Crippen LogP contribution in [0.2, 0.25) is 0 Å². The minimum Gasteiger partial charge on any atom is -0.336 e. The maximum absolute atomic E-state index is 12.7. The van der Waals surface area contributed by atoms with Gasteiger partial charge in [0.05, 0.1) is 9.82 Å². The smallest absolute Gasteiger partial charge is 0.273 e. The van der Waals surface area contributed by atoms with Gasteiger partial charge in [0.25, 0.3) is 21.6 Å². The van der Waals surface area contributed by atoms with Gasteiger partial charge in [0, 0.05) is 35.5 Å². The van der Waals surface area contributed by atoms with Gasteiger partial charge in [-0.15, -0.1) is 0 Å². The van der Waals surface area contributed by atoms with E-state index < -0.39 is 14.9 Å². The van der Waals surface area contributed by atoms with Crippen molar-refractivity contribution in [3.63, 3.8) is 0 Å². The van der Waals surface area contributed by atoms with E-state index in [0.717, 1.165) is 31.9 Å². The van der Waals surface area contributed by atoms with Gasteiger partial charge in [0.15, 0.2) is 0 Å². The molecular weight excluding hydrogens is 394 g/mol. The predicted molar refractivity (Wildman–Crippen MR) is 109 cm³/mol. The van der Waals surface area contributed by atoms with E-state index >= 15 is 0 Å². The third-order valence-corrected chi connectivity index (χ3v) is 6.51. The molecule has 3 rings (SSSR count). The van der Waals surface area contributed by atoms with Crippen molar-refractivity contribution in [1.82, 2.24) is 4.90 Å². The summed E-state index contributed by atoms with van der Waals surface area (Å²) in [4.78, 5) is 24.8. The summed E-state index contributed by atoms with van der Waals surface area (Å²) in [5.41, 5.74) is 0.886. The third kappa shape index (κ3) is 4.56. The van der Waals surface area contributed by atoms with Crippen molar-refractivity contribution in [3.8, 4) is 0 Å². The van der Waals surface area contributed by atoms with Crippen molar-refractivity contribution in [2.24, 2.45) is 0 Å². The molecule has 0 aliphatic carbocycles. The molecule has 0 bridgehead atoms. The van der Waals surface area contributed by atoms with Crippen LogP contribution in [-0.2, 0) is 10.0 Å². The molecule has 1 aliphatic rings. The van der Waals surface area contributed by atoms with Gasteiger partial charge in [-0.2, -0.15) is 0 Å². The van der Waals surface area contributed by atoms with Crippen LogP contribution >= 0.6 is 0 Å². The Hall–Kier alpha value is -2.94. The number of aryl methyl sites for hydroxylation is 1. The molecule has 1 saturated heterocycles. The summed E-state index contributed by atoms with van der Waals surface area (Å²) in [6.45, 7) is 4.29. The zero-order chi connectivity index (χ0) is 21.2. The Morgan fingerprint density at radius 1 is 1.17 bits per heavy atom. The Balaban J connectivity index is 1.77. The second kappa shape index (κ2) is 8.20. The number of likely N-dealkylation sites (tertiary alicyclic amines) is 1. The molecule has 1 fully saturated rings. The fraction of sp³-hybridized carbons (Fsp3) is 0.350. The number of piperidine rings is 1. The molecule has 0 aromatic heterocycles. The quantitative estimate of drug-likeness (QED) is 0.589. The van der Waals surface area contributed by atoms with Gasteiger partial charge in [-0.05, 0) is 63.4 Å². The molecule has 1 heterocycles. The lowest BCUT2D eigenvalue weighted by molar-refractivity contribution is -0.385. The summed E-state index contributed by atoms with van der Waals surface area (Å²) in [5.74, 6) is -0.0687. The summed E-state index contributed by atoms with van der Waals surface area (Å²) < 4.78 is 27.6. The number of carbonyl (C=O) groups is 1. The highest BCUT2D eigenvalue weighted by atomic mass is 32.2. The number of rotatable bonds is 5. The largest absolute Gasteiger partial charge is 0.336 e. The molecular formula is C20H23N3O5S. The van der Waals surface area contributed by atoms with Crippen LogP contribution in [0.1, 0.15) is 42.1 Å².